The molecule has 0 aliphatic carbocycles. The van der Waals surface area contributed by atoms with Crippen molar-refractivity contribution in [2.45, 2.75) is 26.4 Å². The maximum Gasteiger partial charge on any atom is 0.244 e. The lowest BCUT2D eigenvalue weighted by atomic mass is 10.1. The first-order valence-corrected chi connectivity index (χ1v) is 13.5. The van der Waals surface area contributed by atoms with Gasteiger partial charge in [0.15, 0.2) is 0 Å². The zero-order chi connectivity index (χ0) is 24.9. The van der Waals surface area contributed by atoms with Crippen LogP contribution in [0.5, 0.6) is 0 Å². The molecule has 0 fully saturated rings. The van der Waals surface area contributed by atoms with Gasteiger partial charge >= 0.3 is 0 Å². The quantitative estimate of drug-likeness (QED) is 0.441. The average Bonchev–Trinajstić information content (AvgIpc) is 2.80. The minimum atomic E-state index is -3.79. The number of carbonyl (C=O) groups is 2. The number of nitrogens with zero attached hydrogens (tertiary/aromatic N) is 2. The van der Waals surface area contributed by atoms with Gasteiger partial charge in [0.05, 0.1) is 11.9 Å². The van der Waals surface area contributed by atoms with Crippen LogP contribution in [-0.2, 0) is 26.2 Å². The summed E-state index contributed by atoms with van der Waals surface area (Å²) in [7, 11) is -3.79. The first-order valence-electron chi connectivity index (χ1n) is 10.9. The van der Waals surface area contributed by atoms with Gasteiger partial charge in [-0.1, -0.05) is 64.5 Å². The maximum absolute atomic E-state index is 13.6. The maximum atomic E-state index is 13.6. The monoisotopic (exact) mass is 545 g/mol. The molecule has 0 bridgehead atoms. The molecule has 0 aliphatic rings. The van der Waals surface area contributed by atoms with Gasteiger partial charge in [0.25, 0.3) is 0 Å². The van der Waals surface area contributed by atoms with E-state index in [0.29, 0.717) is 12.2 Å². The van der Waals surface area contributed by atoms with E-state index in [2.05, 4.69) is 21.2 Å². The lowest BCUT2D eigenvalue weighted by Crippen LogP contribution is -2.51. The minimum absolute atomic E-state index is 0.164. The summed E-state index contributed by atoms with van der Waals surface area (Å²) in [6.07, 6.45) is 1.08. The highest BCUT2D eigenvalue weighted by Gasteiger charge is 2.30. The van der Waals surface area contributed by atoms with Crippen molar-refractivity contribution in [2.75, 3.05) is 23.7 Å². The van der Waals surface area contributed by atoms with Gasteiger partial charge < -0.3 is 10.2 Å². The number of amides is 2. The second kappa shape index (κ2) is 11.0. The van der Waals surface area contributed by atoms with Crippen molar-refractivity contribution in [2.24, 2.45) is 0 Å². The van der Waals surface area contributed by atoms with Gasteiger partial charge in [-0.2, -0.15) is 0 Å². The van der Waals surface area contributed by atoms with Crippen LogP contribution < -0.4 is 9.62 Å². The van der Waals surface area contributed by atoms with E-state index in [-0.39, 0.29) is 12.5 Å². The number of benzene rings is 3. The first kappa shape index (κ1) is 25.7. The minimum Gasteiger partial charge on any atom is -0.355 e. The average molecular weight is 546 g/mol. The Kier molecular flexibility index (Phi) is 8.33. The highest BCUT2D eigenvalue weighted by molar-refractivity contribution is 9.10. The van der Waals surface area contributed by atoms with Crippen LogP contribution in [0.2, 0.25) is 0 Å². The summed E-state index contributed by atoms with van der Waals surface area (Å²) < 4.78 is 27.6. The highest BCUT2D eigenvalue weighted by Crippen LogP contribution is 2.28. The third-order valence-corrected chi connectivity index (χ3v) is 7.15. The smallest absolute Gasteiger partial charge is 0.244 e. The molecule has 0 saturated carbocycles. The highest BCUT2D eigenvalue weighted by atomic mass is 79.9. The van der Waals surface area contributed by atoms with Crippen molar-refractivity contribution >= 4 is 54.2 Å². The van der Waals surface area contributed by atoms with Crippen molar-refractivity contribution < 1.29 is 18.0 Å². The van der Waals surface area contributed by atoms with E-state index in [4.69, 9.17) is 0 Å². The lowest BCUT2D eigenvalue weighted by Gasteiger charge is -2.31. The zero-order valence-electron chi connectivity index (χ0n) is 19.4. The van der Waals surface area contributed by atoms with E-state index in [1.807, 2.05) is 54.6 Å². The summed E-state index contributed by atoms with van der Waals surface area (Å²) in [6.45, 7) is 3.61. The van der Waals surface area contributed by atoms with Crippen LogP contribution in [0.3, 0.4) is 0 Å². The third kappa shape index (κ3) is 6.15. The number of halogens is 1. The largest absolute Gasteiger partial charge is 0.355 e. The van der Waals surface area contributed by atoms with Gasteiger partial charge in [0.1, 0.15) is 12.6 Å². The third-order valence-electron chi connectivity index (χ3n) is 5.50. The number of hydrogen-bond donors (Lipinski definition) is 1. The van der Waals surface area contributed by atoms with Crippen molar-refractivity contribution in [3.63, 3.8) is 0 Å². The van der Waals surface area contributed by atoms with Gasteiger partial charge in [0.2, 0.25) is 21.8 Å². The summed E-state index contributed by atoms with van der Waals surface area (Å²) in [5.41, 5.74) is 1.24. The Morgan fingerprint density at radius 2 is 1.65 bits per heavy atom. The number of likely N-dealkylation sites (N-methyl/N-ethyl adjacent to an activating group) is 1. The molecule has 0 saturated heterocycles. The molecule has 1 N–H and O–H groups in total. The standard InChI is InChI=1S/C25H28BrN3O4S/c1-4-27-25(31)18(2)28(16-19-12-14-21(26)15-13-19)24(30)17-29(34(3,32)33)23-11-7-9-20-8-5-6-10-22(20)23/h5-15,18H,4,16-17H2,1-3H3,(H,27,31)/t18-/m1/s1. The van der Waals surface area contributed by atoms with E-state index in [1.165, 1.54) is 4.90 Å². The molecule has 0 radical (unpaired) electrons. The molecule has 0 aliphatic heterocycles. The van der Waals surface area contributed by atoms with Gasteiger partial charge in [-0.05, 0) is 43.0 Å². The molecule has 3 aromatic carbocycles. The van der Waals surface area contributed by atoms with Crippen LogP contribution >= 0.6 is 15.9 Å². The Labute approximate surface area is 208 Å². The zero-order valence-corrected chi connectivity index (χ0v) is 21.8. The van der Waals surface area contributed by atoms with E-state index in [0.717, 1.165) is 31.4 Å². The first-order chi connectivity index (χ1) is 16.1. The van der Waals surface area contributed by atoms with E-state index in [1.54, 1.807) is 26.0 Å². The fourth-order valence-electron chi connectivity index (χ4n) is 3.71. The fraction of sp³-hybridized carbons (Fsp3) is 0.280. The van der Waals surface area contributed by atoms with Crippen LogP contribution in [0.4, 0.5) is 5.69 Å². The molecule has 0 spiro atoms. The molecule has 0 heterocycles. The van der Waals surface area contributed by atoms with Gasteiger partial charge in [-0.25, -0.2) is 8.42 Å². The Bertz CT molecular complexity index is 1270. The predicted octanol–water partition coefficient (Wildman–Crippen LogP) is 3.92. The molecule has 0 unspecified atom stereocenters. The van der Waals surface area contributed by atoms with E-state index in [9.17, 15) is 18.0 Å². The van der Waals surface area contributed by atoms with Gasteiger partial charge in [-0.3, -0.25) is 13.9 Å². The molecule has 0 aromatic heterocycles. The van der Waals surface area contributed by atoms with Crippen LogP contribution in [0.25, 0.3) is 10.8 Å². The Balaban J connectivity index is 1.98. The Hall–Kier alpha value is -2.91. The molecule has 34 heavy (non-hydrogen) atoms. The Morgan fingerprint density at radius 1 is 1.00 bits per heavy atom. The van der Waals surface area contributed by atoms with Crippen LogP contribution in [0, 0.1) is 0 Å². The van der Waals surface area contributed by atoms with Crippen molar-refractivity contribution in [1.82, 2.24) is 10.2 Å². The number of rotatable bonds is 9. The lowest BCUT2D eigenvalue weighted by molar-refractivity contribution is -0.139. The van der Waals surface area contributed by atoms with Crippen LogP contribution in [0.15, 0.2) is 71.2 Å². The van der Waals surface area contributed by atoms with Crippen molar-refractivity contribution in [1.29, 1.82) is 0 Å². The van der Waals surface area contributed by atoms with E-state index < -0.39 is 28.5 Å². The normalized spacial score (nSPS) is 12.2. The van der Waals surface area contributed by atoms with Crippen molar-refractivity contribution in [3.8, 4) is 0 Å². The van der Waals surface area contributed by atoms with E-state index >= 15 is 0 Å². The predicted molar refractivity (Wildman–Crippen MR) is 139 cm³/mol. The van der Waals surface area contributed by atoms with Crippen LogP contribution in [-0.4, -0.2) is 50.5 Å². The molecule has 180 valence electrons. The number of fused-ring (bicyclic) bond motifs is 1. The number of anilines is 1. The number of carbonyl (C=O) groups excluding carboxylic acids is 2. The summed E-state index contributed by atoms with van der Waals surface area (Å²) >= 11 is 3.40. The second-order valence-electron chi connectivity index (χ2n) is 7.99. The molecule has 9 heteroatoms. The van der Waals surface area contributed by atoms with Gasteiger partial charge in [-0.15, -0.1) is 0 Å². The molecule has 3 rings (SSSR count). The second-order valence-corrected chi connectivity index (χ2v) is 10.8. The SMILES string of the molecule is CCNC(=O)[C@@H](C)N(Cc1ccc(Br)cc1)C(=O)CN(c1cccc2ccccc12)S(C)(=O)=O. The molecule has 2 amide bonds. The van der Waals surface area contributed by atoms with Gasteiger partial charge in [0, 0.05) is 22.9 Å². The fourth-order valence-corrected chi connectivity index (χ4v) is 4.84. The van der Waals surface area contributed by atoms with Crippen LogP contribution in [0.1, 0.15) is 19.4 Å². The molecular formula is C25H28BrN3O4S. The number of nitrogens with one attached hydrogen (secondary N) is 1. The van der Waals surface area contributed by atoms with Crippen molar-refractivity contribution in [3.05, 3.63) is 76.8 Å². The summed E-state index contributed by atoms with van der Waals surface area (Å²) in [6, 6.07) is 19.4. The molecule has 7 nitrogen and oxygen atoms in total. The number of hydrogen-bond acceptors (Lipinski definition) is 4. The summed E-state index contributed by atoms with van der Waals surface area (Å²) in [5.74, 6) is -0.774. The number of sulfonamides is 1. The topological polar surface area (TPSA) is 86.8 Å². The summed E-state index contributed by atoms with van der Waals surface area (Å²) in [5, 5.41) is 4.33. The Morgan fingerprint density at radius 3 is 2.29 bits per heavy atom. The molecule has 1 atom stereocenters. The molecule has 3 aromatic rings. The summed E-state index contributed by atoms with van der Waals surface area (Å²) in [4.78, 5) is 27.6. The molecular weight excluding hydrogens is 518 g/mol.